The molecule has 5 heteroatoms. The molecule has 1 aromatic carbocycles. The summed E-state index contributed by atoms with van der Waals surface area (Å²) in [6.45, 7) is 7.20. The van der Waals surface area contributed by atoms with Crippen molar-refractivity contribution >= 4 is 5.91 Å². The fourth-order valence-corrected chi connectivity index (χ4v) is 3.80. The number of methoxy groups -OCH3 is 1. The number of ether oxygens (including phenoxy) is 2. The molecule has 1 amide bonds. The van der Waals surface area contributed by atoms with Crippen LogP contribution >= 0.6 is 0 Å². The molecule has 0 saturated carbocycles. The second-order valence-corrected chi connectivity index (χ2v) is 6.64. The van der Waals surface area contributed by atoms with Crippen LogP contribution in [0, 0.1) is 13.8 Å². The van der Waals surface area contributed by atoms with E-state index in [4.69, 9.17) is 9.47 Å². The third kappa shape index (κ3) is 3.08. The van der Waals surface area contributed by atoms with Crippen LogP contribution in [0.1, 0.15) is 27.9 Å². The summed E-state index contributed by atoms with van der Waals surface area (Å²) in [6, 6.07) is 4.17. The molecule has 0 aromatic heterocycles. The number of piperidine rings is 1. The Balaban J connectivity index is 1.78. The van der Waals surface area contributed by atoms with Gasteiger partial charge in [0.25, 0.3) is 5.91 Å². The number of morpholine rings is 1. The van der Waals surface area contributed by atoms with Crippen molar-refractivity contribution in [2.24, 2.45) is 0 Å². The molecule has 0 aliphatic carbocycles. The molecule has 0 unspecified atom stereocenters. The Morgan fingerprint density at radius 3 is 2.61 bits per heavy atom. The zero-order chi connectivity index (χ0) is 16.6. The highest BCUT2D eigenvalue weighted by molar-refractivity contribution is 5.95. The van der Waals surface area contributed by atoms with Crippen molar-refractivity contribution < 1.29 is 14.3 Å². The minimum absolute atomic E-state index is 0.108. The number of aryl methyl sites for hydroxylation is 2. The van der Waals surface area contributed by atoms with Gasteiger partial charge in [0.2, 0.25) is 0 Å². The summed E-state index contributed by atoms with van der Waals surface area (Å²) in [7, 11) is 3.79. The number of nitrogens with zero attached hydrogens (tertiary/aromatic N) is 2. The highest BCUT2D eigenvalue weighted by Crippen LogP contribution is 2.27. The lowest BCUT2D eigenvalue weighted by Gasteiger charge is -2.45. The molecule has 0 N–H and O–H groups in total. The summed E-state index contributed by atoms with van der Waals surface area (Å²) < 4.78 is 11.3. The van der Waals surface area contributed by atoms with Gasteiger partial charge in [-0.1, -0.05) is 0 Å². The lowest BCUT2D eigenvalue weighted by atomic mass is 9.97. The van der Waals surface area contributed by atoms with Gasteiger partial charge in [-0.25, -0.2) is 0 Å². The van der Waals surface area contributed by atoms with Gasteiger partial charge in [0.15, 0.2) is 0 Å². The van der Waals surface area contributed by atoms with Gasteiger partial charge in [-0.15, -0.1) is 0 Å². The molecule has 3 rings (SSSR count). The lowest BCUT2D eigenvalue weighted by molar-refractivity contribution is -0.0893. The zero-order valence-corrected chi connectivity index (χ0v) is 14.5. The maximum Gasteiger partial charge on any atom is 0.253 e. The van der Waals surface area contributed by atoms with E-state index in [1.807, 2.05) is 30.9 Å². The van der Waals surface area contributed by atoms with E-state index >= 15 is 0 Å². The van der Waals surface area contributed by atoms with Gasteiger partial charge in [0.1, 0.15) is 5.75 Å². The van der Waals surface area contributed by atoms with E-state index < -0.39 is 0 Å². The Morgan fingerprint density at radius 1 is 1.26 bits per heavy atom. The number of likely N-dealkylation sites (tertiary alicyclic amines) is 1. The van der Waals surface area contributed by atoms with Crippen LogP contribution in [0.25, 0.3) is 0 Å². The molecule has 2 aliphatic rings. The average molecular weight is 318 g/mol. The number of fused-ring (bicyclic) bond motifs is 1. The molecule has 2 heterocycles. The number of rotatable bonds is 2. The molecule has 2 saturated heterocycles. The van der Waals surface area contributed by atoms with Crippen molar-refractivity contribution in [3.63, 3.8) is 0 Å². The van der Waals surface area contributed by atoms with E-state index in [9.17, 15) is 4.79 Å². The summed E-state index contributed by atoms with van der Waals surface area (Å²) >= 11 is 0. The average Bonchev–Trinajstić information content (AvgIpc) is 2.54. The monoisotopic (exact) mass is 318 g/mol. The van der Waals surface area contributed by atoms with Crippen molar-refractivity contribution in [3.05, 3.63) is 28.8 Å². The van der Waals surface area contributed by atoms with Crippen LogP contribution in [0.3, 0.4) is 0 Å². The van der Waals surface area contributed by atoms with Crippen LogP contribution in [0.2, 0.25) is 0 Å². The molecular weight excluding hydrogens is 292 g/mol. The summed E-state index contributed by atoms with van der Waals surface area (Å²) in [6.07, 6.45) is 1.17. The predicted octanol–water partition coefficient (Wildman–Crippen LogP) is 1.86. The lowest BCUT2D eigenvalue weighted by Crippen LogP contribution is -2.59. The fourth-order valence-electron chi connectivity index (χ4n) is 3.80. The first-order valence-corrected chi connectivity index (χ1v) is 8.27. The Bertz CT molecular complexity index is 579. The minimum atomic E-state index is 0.108. The number of carbonyl (C=O) groups excluding carboxylic acids is 1. The smallest absolute Gasteiger partial charge is 0.253 e. The first kappa shape index (κ1) is 16.3. The molecule has 0 radical (unpaired) electrons. The predicted molar refractivity (Wildman–Crippen MR) is 89.1 cm³/mol. The van der Waals surface area contributed by atoms with Crippen molar-refractivity contribution in [1.29, 1.82) is 0 Å². The molecule has 126 valence electrons. The van der Waals surface area contributed by atoms with E-state index in [-0.39, 0.29) is 12.0 Å². The normalized spacial score (nSPS) is 25.1. The second kappa shape index (κ2) is 6.49. The minimum Gasteiger partial charge on any atom is -0.496 e. The van der Waals surface area contributed by atoms with Gasteiger partial charge in [-0.2, -0.15) is 0 Å². The van der Waals surface area contributed by atoms with Crippen molar-refractivity contribution in [3.8, 4) is 5.75 Å². The number of carbonyl (C=O) groups is 1. The molecule has 5 nitrogen and oxygen atoms in total. The zero-order valence-electron chi connectivity index (χ0n) is 14.5. The molecule has 0 spiro atoms. The number of amides is 1. The molecule has 23 heavy (non-hydrogen) atoms. The van der Waals surface area contributed by atoms with Gasteiger partial charge < -0.3 is 14.4 Å². The maximum absolute atomic E-state index is 12.9. The van der Waals surface area contributed by atoms with Crippen LogP contribution in [-0.2, 0) is 4.74 Å². The topological polar surface area (TPSA) is 42.0 Å². The summed E-state index contributed by atoms with van der Waals surface area (Å²) in [5, 5.41) is 0. The number of hydrogen-bond acceptors (Lipinski definition) is 4. The molecule has 2 fully saturated rings. The number of benzene rings is 1. The van der Waals surface area contributed by atoms with E-state index in [1.165, 1.54) is 0 Å². The second-order valence-electron chi connectivity index (χ2n) is 6.64. The highest BCUT2D eigenvalue weighted by Gasteiger charge is 2.37. The Morgan fingerprint density at radius 2 is 1.96 bits per heavy atom. The van der Waals surface area contributed by atoms with Crippen molar-refractivity contribution in [2.45, 2.75) is 32.4 Å². The molecule has 1 aromatic rings. The van der Waals surface area contributed by atoms with Crippen LogP contribution in [-0.4, -0.2) is 68.3 Å². The quantitative estimate of drug-likeness (QED) is 0.835. The highest BCUT2D eigenvalue weighted by atomic mass is 16.5. The van der Waals surface area contributed by atoms with E-state index in [0.29, 0.717) is 6.04 Å². The van der Waals surface area contributed by atoms with Crippen LogP contribution in [0.15, 0.2) is 12.1 Å². The molecular formula is C18H26N2O3. The molecule has 2 aliphatic heterocycles. The van der Waals surface area contributed by atoms with Gasteiger partial charge >= 0.3 is 0 Å². The third-order valence-electron chi connectivity index (χ3n) is 5.06. The largest absolute Gasteiger partial charge is 0.496 e. The fraction of sp³-hybridized carbons (Fsp3) is 0.611. The van der Waals surface area contributed by atoms with E-state index in [2.05, 4.69) is 11.9 Å². The van der Waals surface area contributed by atoms with Crippen molar-refractivity contribution in [1.82, 2.24) is 9.80 Å². The summed E-state index contributed by atoms with van der Waals surface area (Å²) in [5.74, 6) is 0.969. The Labute approximate surface area is 138 Å². The van der Waals surface area contributed by atoms with Crippen LogP contribution in [0.5, 0.6) is 5.75 Å². The molecule has 2 atom stereocenters. The third-order valence-corrected chi connectivity index (χ3v) is 5.06. The Hall–Kier alpha value is -1.59. The SMILES string of the molecule is COc1c(C)cc(C(=O)N2CC[C@@H]3OCCN(C)[C@@H]3C2)cc1C. The first-order chi connectivity index (χ1) is 11.0. The summed E-state index contributed by atoms with van der Waals surface area (Å²) in [4.78, 5) is 17.2. The van der Waals surface area contributed by atoms with Crippen molar-refractivity contribution in [2.75, 3.05) is 40.4 Å². The first-order valence-electron chi connectivity index (χ1n) is 8.27. The standard InChI is InChI=1S/C18H26N2O3/c1-12-9-14(10-13(2)17(12)22-4)18(21)20-6-5-16-15(11-20)19(3)7-8-23-16/h9-10,15-16H,5-8,11H2,1-4H3/t15-,16+/m1/s1. The Kier molecular flexibility index (Phi) is 4.60. The van der Waals surface area contributed by atoms with E-state index in [1.54, 1.807) is 7.11 Å². The molecule has 0 bridgehead atoms. The van der Waals surface area contributed by atoms with E-state index in [0.717, 1.165) is 55.1 Å². The maximum atomic E-state index is 12.9. The summed E-state index contributed by atoms with van der Waals surface area (Å²) in [5.41, 5.74) is 2.76. The van der Waals surface area contributed by atoms with Gasteiger partial charge in [-0.05, 0) is 50.6 Å². The number of hydrogen-bond donors (Lipinski definition) is 0. The van der Waals surface area contributed by atoms with Gasteiger partial charge in [0, 0.05) is 25.2 Å². The van der Waals surface area contributed by atoms with Gasteiger partial charge in [0.05, 0.1) is 25.9 Å². The van der Waals surface area contributed by atoms with Gasteiger partial charge in [-0.3, -0.25) is 9.69 Å². The number of likely N-dealkylation sites (N-methyl/N-ethyl adjacent to an activating group) is 1. The van der Waals surface area contributed by atoms with Crippen LogP contribution < -0.4 is 4.74 Å². The van der Waals surface area contributed by atoms with Crippen LogP contribution in [0.4, 0.5) is 0 Å².